The van der Waals surface area contributed by atoms with Crippen LogP contribution in [0.25, 0.3) is 0 Å². The minimum Gasteiger partial charge on any atom is -0.481 e. The van der Waals surface area contributed by atoms with Crippen molar-refractivity contribution >= 4 is 50.7 Å². The smallest absolute Gasteiger partial charge is 0.265 e. The molecule has 110 valence electrons. The summed E-state index contributed by atoms with van der Waals surface area (Å²) in [5.41, 5.74) is 0.531. The zero-order valence-corrected chi connectivity index (χ0v) is 14.2. The van der Waals surface area contributed by atoms with E-state index in [1.807, 2.05) is 12.1 Å². The predicted octanol–water partition coefficient (Wildman–Crippen LogP) is 5.16. The van der Waals surface area contributed by atoms with Crippen LogP contribution in [0.5, 0.6) is 5.75 Å². The molecule has 0 bridgehead atoms. The van der Waals surface area contributed by atoms with Crippen molar-refractivity contribution in [3.05, 3.63) is 57.0 Å². The highest BCUT2D eigenvalue weighted by molar-refractivity contribution is 9.10. The summed E-state index contributed by atoms with van der Waals surface area (Å²) >= 11 is 15.1. The number of hydrogen-bond donors (Lipinski definition) is 1. The average Bonchev–Trinajstić information content (AvgIpc) is 2.40. The molecule has 0 aliphatic rings. The average molecular weight is 389 g/mol. The number of benzene rings is 2. The van der Waals surface area contributed by atoms with E-state index in [1.54, 1.807) is 37.3 Å². The fourth-order valence-corrected chi connectivity index (χ4v) is 2.43. The van der Waals surface area contributed by atoms with Gasteiger partial charge in [-0.15, -0.1) is 0 Å². The van der Waals surface area contributed by atoms with Gasteiger partial charge < -0.3 is 10.1 Å². The maximum atomic E-state index is 12.1. The van der Waals surface area contributed by atoms with Gasteiger partial charge in [0.05, 0.1) is 0 Å². The molecule has 0 saturated carbocycles. The van der Waals surface area contributed by atoms with Crippen LogP contribution >= 0.6 is 39.1 Å². The quantitative estimate of drug-likeness (QED) is 0.785. The highest BCUT2D eigenvalue weighted by Gasteiger charge is 2.15. The Kier molecular flexibility index (Phi) is 5.51. The summed E-state index contributed by atoms with van der Waals surface area (Å²) in [4.78, 5) is 12.1. The zero-order chi connectivity index (χ0) is 15.4. The lowest BCUT2D eigenvalue weighted by Crippen LogP contribution is -2.30. The lowest BCUT2D eigenvalue weighted by molar-refractivity contribution is -0.122. The summed E-state index contributed by atoms with van der Waals surface area (Å²) in [6.45, 7) is 1.67. The van der Waals surface area contributed by atoms with Crippen molar-refractivity contribution in [1.29, 1.82) is 0 Å². The predicted molar refractivity (Wildman–Crippen MR) is 89.3 cm³/mol. The zero-order valence-electron chi connectivity index (χ0n) is 11.1. The van der Waals surface area contributed by atoms with Crippen LogP contribution in [-0.4, -0.2) is 12.0 Å². The molecule has 0 unspecified atom stereocenters. The van der Waals surface area contributed by atoms with E-state index in [-0.39, 0.29) is 5.91 Å². The summed E-state index contributed by atoms with van der Waals surface area (Å²) < 4.78 is 6.51. The van der Waals surface area contributed by atoms with Crippen molar-refractivity contribution in [1.82, 2.24) is 0 Å². The number of carbonyl (C=O) groups is 1. The molecule has 2 rings (SSSR count). The molecule has 1 atom stereocenters. The van der Waals surface area contributed by atoms with Gasteiger partial charge in [0, 0.05) is 20.2 Å². The second-order valence-electron chi connectivity index (χ2n) is 4.36. The Balaban J connectivity index is 2.00. The summed E-state index contributed by atoms with van der Waals surface area (Å²) in [5.74, 6) is 0.334. The number of ether oxygens (including phenoxy) is 1. The van der Waals surface area contributed by atoms with Crippen LogP contribution in [0, 0.1) is 0 Å². The van der Waals surface area contributed by atoms with E-state index in [1.165, 1.54) is 0 Å². The van der Waals surface area contributed by atoms with Gasteiger partial charge in [0.2, 0.25) is 0 Å². The van der Waals surface area contributed by atoms with E-state index in [0.29, 0.717) is 21.5 Å². The van der Waals surface area contributed by atoms with Gasteiger partial charge in [-0.3, -0.25) is 4.79 Å². The third-order valence-electron chi connectivity index (χ3n) is 2.63. The Morgan fingerprint density at radius 3 is 2.29 bits per heavy atom. The van der Waals surface area contributed by atoms with Gasteiger partial charge in [-0.2, -0.15) is 0 Å². The van der Waals surface area contributed by atoms with Crippen molar-refractivity contribution in [2.24, 2.45) is 0 Å². The molecule has 6 heteroatoms. The van der Waals surface area contributed by atoms with E-state index in [4.69, 9.17) is 27.9 Å². The molecular formula is C15H12BrCl2NO2. The molecule has 0 saturated heterocycles. The molecular weight excluding hydrogens is 377 g/mol. The van der Waals surface area contributed by atoms with E-state index >= 15 is 0 Å². The van der Waals surface area contributed by atoms with E-state index in [0.717, 1.165) is 4.47 Å². The van der Waals surface area contributed by atoms with E-state index in [9.17, 15) is 4.79 Å². The second kappa shape index (κ2) is 7.16. The van der Waals surface area contributed by atoms with E-state index < -0.39 is 6.10 Å². The molecule has 0 aliphatic heterocycles. The third-order valence-corrected chi connectivity index (χ3v) is 3.59. The molecule has 0 heterocycles. The minimum atomic E-state index is -0.649. The normalized spacial score (nSPS) is 11.8. The van der Waals surface area contributed by atoms with Gasteiger partial charge in [-0.1, -0.05) is 39.1 Å². The number of anilines is 1. The van der Waals surface area contributed by atoms with Gasteiger partial charge in [-0.05, 0) is 49.4 Å². The Hall–Kier alpha value is -1.23. The first-order valence-corrected chi connectivity index (χ1v) is 7.68. The molecule has 2 aromatic carbocycles. The van der Waals surface area contributed by atoms with Gasteiger partial charge >= 0.3 is 0 Å². The maximum absolute atomic E-state index is 12.1. The molecule has 1 amide bonds. The van der Waals surface area contributed by atoms with Crippen LogP contribution in [0.1, 0.15) is 6.92 Å². The highest BCUT2D eigenvalue weighted by Crippen LogP contribution is 2.23. The minimum absolute atomic E-state index is 0.281. The highest BCUT2D eigenvalue weighted by atomic mass is 79.9. The topological polar surface area (TPSA) is 38.3 Å². The summed E-state index contributed by atoms with van der Waals surface area (Å²) in [6, 6.07) is 12.1. The molecule has 0 aliphatic carbocycles. The molecule has 0 spiro atoms. The van der Waals surface area contributed by atoms with Crippen molar-refractivity contribution < 1.29 is 9.53 Å². The summed E-state index contributed by atoms with van der Waals surface area (Å²) in [6.07, 6.45) is -0.649. The fraction of sp³-hybridized carbons (Fsp3) is 0.133. The van der Waals surface area contributed by atoms with Gasteiger partial charge in [0.15, 0.2) is 6.10 Å². The summed E-state index contributed by atoms with van der Waals surface area (Å²) in [7, 11) is 0. The number of halogens is 3. The summed E-state index contributed by atoms with van der Waals surface area (Å²) in [5, 5.41) is 3.63. The van der Waals surface area contributed by atoms with Gasteiger partial charge in [-0.25, -0.2) is 0 Å². The number of carbonyl (C=O) groups excluding carboxylic acids is 1. The second-order valence-corrected chi connectivity index (χ2v) is 6.15. The number of nitrogens with one attached hydrogen (secondary N) is 1. The van der Waals surface area contributed by atoms with Crippen molar-refractivity contribution in [2.75, 3.05) is 5.32 Å². The van der Waals surface area contributed by atoms with Crippen LogP contribution in [-0.2, 0) is 4.79 Å². The largest absolute Gasteiger partial charge is 0.481 e. The van der Waals surface area contributed by atoms with Crippen LogP contribution in [0.3, 0.4) is 0 Å². The van der Waals surface area contributed by atoms with Crippen LogP contribution in [0.2, 0.25) is 10.0 Å². The Labute approximate surface area is 141 Å². The fourth-order valence-electron chi connectivity index (χ4n) is 1.64. The monoisotopic (exact) mass is 387 g/mol. The van der Waals surface area contributed by atoms with Crippen molar-refractivity contribution in [2.45, 2.75) is 13.0 Å². The van der Waals surface area contributed by atoms with E-state index in [2.05, 4.69) is 21.2 Å². The first kappa shape index (κ1) is 16.1. The lowest BCUT2D eigenvalue weighted by Gasteiger charge is -2.15. The Morgan fingerprint density at radius 2 is 1.71 bits per heavy atom. The van der Waals surface area contributed by atoms with Gasteiger partial charge in [0.25, 0.3) is 5.91 Å². The van der Waals surface area contributed by atoms with Crippen LogP contribution in [0.4, 0.5) is 5.69 Å². The Morgan fingerprint density at radius 1 is 1.14 bits per heavy atom. The van der Waals surface area contributed by atoms with Crippen molar-refractivity contribution in [3.8, 4) is 5.75 Å². The van der Waals surface area contributed by atoms with Crippen molar-refractivity contribution in [3.63, 3.8) is 0 Å². The maximum Gasteiger partial charge on any atom is 0.265 e. The standard InChI is InChI=1S/C15H12BrCl2NO2/c1-9(21-14-4-2-10(16)3-5-14)15(20)19-13-7-11(17)6-12(18)8-13/h2-9H,1H3,(H,19,20)/t9-/m1/s1. The molecule has 21 heavy (non-hydrogen) atoms. The molecule has 3 nitrogen and oxygen atoms in total. The first-order chi connectivity index (χ1) is 9.94. The molecule has 1 N–H and O–H groups in total. The Bertz CT molecular complexity index is 626. The van der Waals surface area contributed by atoms with Crippen LogP contribution < -0.4 is 10.1 Å². The van der Waals surface area contributed by atoms with Gasteiger partial charge in [0.1, 0.15) is 5.75 Å². The number of rotatable bonds is 4. The number of amides is 1. The molecule has 2 aromatic rings. The molecule has 0 aromatic heterocycles. The van der Waals surface area contributed by atoms with Crippen LogP contribution in [0.15, 0.2) is 46.9 Å². The first-order valence-electron chi connectivity index (χ1n) is 6.13. The lowest BCUT2D eigenvalue weighted by atomic mass is 10.3. The molecule has 0 fully saturated rings. The number of hydrogen-bond acceptors (Lipinski definition) is 2. The SMILES string of the molecule is C[C@@H](Oc1ccc(Br)cc1)C(=O)Nc1cc(Cl)cc(Cl)c1. The molecule has 0 radical (unpaired) electrons. The third kappa shape index (κ3) is 4.92.